The van der Waals surface area contributed by atoms with Gasteiger partial charge >= 0.3 is 0 Å². The Labute approximate surface area is 98.0 Å². The van der Waals surface area contributed by atoms with Gasteiger partial charge in [0.05, 0.1) is 6.61 Å². The molecule has 0 unspecified atom stereocenters. The van der Waals surface area contributed by atoms with Crippen LogP contribution in [0.5, 0.6) is 5.75 Å². The first kappa shape index (κ1) is 11.6. The lowest BCUT2D eigenvalue weighted by molar-refractivity contribution is 0.235. The first-order valence-corrected chi connectivity index (χ1v) is 5.16. The van der Waals surface area contributed by atoms with Crippen LogP contribution in [0.25, 0.3) is 0 Å². The summed E-state index contributed by atoms with van der Waals surface area (Å²) < 4.78 is 10.3. The SMILES string of the molecule is N[C@H](CO)c1nc(COc2ccccc2)no1. The topological polar surface area (TPSA) is 94.4 Å². The molecule has 0 radical (unpaired) electrons. The Bertz CT molecular complexity index is 458. The van der Waals surface area contributed by atoms with Crippen molar-refractivity contribution < 1.29 is 14.4 Å². The molecule has 0 spiro atoms. The van der Waals surface area contributed by atoms with Gasteiger partial charge in [-0.1, -0.05) is 23.4 Å². The van der Waals surface area contributed by atoms with Crippen molar-refractivity contribution in [2.24, 2.45) is 5.73 Å². The molecule has 6 nitrogen and oxygen atoms in total. The minimum atomic E-state index is -0.645. The number of rotatable bonds is 5. The monoisotopic (exact) mass is 235 g/mol. The van der Waals surface area contributed by atoms with Crippen LogP contribution in [0.2, 0.25) is 0 Å². The van der Waals surface area contributed by atoms with Gasteiger partial charge in [-0.25, -0.2) is 0 Å². The zero-order chi connectivity index (χ0) is 12.1. The van der Waals surface area contributed by atoms with Crippen molar-refractivity contribution >= 4 is 0 Å². The normalized spacial score (nSPS) is 12.4. The Balaban J connectivity index is 1.94. The third kappa shape index (κ3) is 3.02. The summed E-state index contributed by atoms with van der Waals surface area (Å²) in [5.41, 5.74) is 5.53. The van der Waals surface area contributed by atoms with Crippen molar-refractivity contribution in [3.05, 3.63) is 42.0 Å². The molecule has 1 aromatic carbocycles. The first-order valence-electron chi connectivity index (χ1n) is 5.16. The number of hydrogen-bond donors (Lipinski definition) is 2. The molecule has 0 amide bonds. The van der Waals surface area contributed by atoms with Crippen molar-refractivity contribution in [2.45, 2.75) is 12.6 Å². The molecule has 2 aromatic rings. The smallest absolute Gasteiger partial charge is 0.246 e. The molecule has 0 bridgehead atoms. The number of aliphatic hydroxyl groups is 1. The largest absolute Gasteiger partial charge is 0.485 e. The Morgan fingerprint density at radius 1 is 1.35 bits per heavy atom. The van der Waals surface area contributed by atoms with Crippen molar-refractivity contribution in [3.8, 4) is 5.75 Å². The summed E-state index contributed by atoms with van der Waals surface area (Å²) >= 11 is 0. The second-order valence-electron chi connectivity index (χ2n) is 3.44. The summed E-state index contributed by atoms with van der Waals surface area (Å²) in [6, 6.07) is 8.67. The van der Waals surface area contributed by atoms with E-state index in [0.717, 1.165) is 5.75 Å². The van der Waals surface area contributed by atoms with Crippen LogP contribution >= 0.6 is 0 Å². The Morgan fingerprint density at radius 2 is 2.12 bits per heavy atom. The molecule has 0 aliphatic heterocycles. The second-order valence-corrected chi connectivity index (χ2v) is 3.44. The van der Waals surface area contributed by atoms with Crippen LogP contribution < -0.4 is 10.5 Å². The van der Waals surface area contributed by atoms with Crippen LogP contribution in [0.15, 0.2) is 34.9 Å². The Kier molecular flexibility index (Phi) is 3.69. The number of benzene rings is 1. The highest BCUT2D eigenvalue weighted by atomic mass is 16.5. The van der Waals surface area contributed by atoms with Gasteiger partial charge in [0.2, 0.25) is 11.7 Å². The molecule has 0 aliphatic rings. The summed E-state index contributed by atoms with van der Waals surface area (Å²) in [5.74, 6) is 1.33. The van der Waals surface area contributed by atoms with E-state index in [1.54, 1.807) is 0 Å². The maximum atomic E-state index is 8.82. The highest BCUT2D eigenvalue weighted by Crippen LogP contribution is 2.11. The van der Waals surface area contributed by atoms with E-state index in [9.17, 15) is 0 Å². The Morgan fingerprint density at radius 3 is 2.82 bits per heavy atom. The Hall–Kier alpha value is -1.92. The van der Waals surface area contributed by atoms with E-state index in [2.05, 4.69) is 10.1 Å². The zero-order valence-corrected chi connectivity index (χ0v) is 9.11. The molecule has 2 rings (SSSR count). The standard InChI is InChI=1S/C11H13N3O3/c12-9(6-15)11-13-10(14-17-11)7-16-8-4-2-1-3-5-8/h1-5,9,15H,6-7,12H2/t9-/m1/s1. The highest BCUT2D eigenvalue weighted by Gasteiger charge is 2.13. The van der Waals surface area contributed by atoms with Crippen LogP contribution in [0.3, 0.4) is 0 Å². The average Bonchev–Trinajstić information content (AvgIpc) is 2.85. The van der Waals surface area contributed by atoms with Crippen LogP contribution in [0, 0.1) is 0 Å². The van der Waals surface area contributed by atoms with Crippen LogP contribution in [0.4, 0.5) is 0 Å². The molecule has 17 heavy (non-hydrogen) atoms. The third-order valence-electron chi connectivity index (χ3n) is 2.11. The first-order chi connectivity index (χ1) is 8.29. The molecule has 0 saturated carbocycles. The van der Waals surface area contributed by atoms with E-state index >= 15 is 0 Å². The number of aromatic nitrogens is 2. The minimum absolute atomic E-state index is 0.200. The molecular weight excluding hydrogens is 222 g/mol. The lowest BCUT2D eigenvalue weighted by Crippen LogP contribution is -2.14. The third-order valence-corrected chi connectivity index (χ3v) is 2.11. The van der Waals surface area contributed by atoms with Gasteiger partial charge in [-0.15, -0.1) is 0 Å². The van der Waals surface area contributed by atoms with Crippen LogP contribution in [-0.4, -0.2) is 21.9 Å². The van der Waals surface area contributed by atoms with Gasteiger partial charge in [-0.2, -0.15) is 4.98 Å². The number of nitrogens with two attached hydrogens (primary N) is 1. The van der Waals surface area contributed by atoms with Crippen molar-refractivity contribution in [1.29, 1.82) is 0 Å². The number of para-hydroxylation sites is 1. The molecular formula is C11H13N3O3. The summed E-state index contributed by atoms with van der Waals surface area (Å²) in [6.45, 7) is -0.0349. The summed E-state index contributed by atoms with van der Waals surface area (Å²) in [4.78, 5) is 4.01. The number of nitrogens with zero attached hydrogens (tertiary/aromatic N) is 2. The van der Waals surface area contributed by atoms with Crippen LogP contribution in [-0.2, 0) is 6.61 Å². The summed E-state index contributed by atoms with van der Waals surface area (Å²) in [6.07, 6.45) is 0. The van der Waals surface area contributed by atoms with Crippen LogP contribution in [0.1, 0.15) is 17.8 Å². The van der Waals surface area contributed by atoms with Crippen molar-refractivity contribution in [1.82, 2.24) is 10.1 Å². The van der Waals surface area contributed by atoms with E-state index in [0.29, 0.717) is 5.82 Å². The lowest BCUT2D eigenvalue weighted by Gasteiger charge is -2.01. The van der Waals surface area contributed by atoms with E-state index in [4.69, 9.17) is 20.1 Å². The molecule has 1 aromatic heterocycles. The molecule has 1 atom stereocenters. The van der Waals surface area contributed by atoms with Crippen molar-refractivity contribution in [3.63, 3.8) is 0 Å². The fraction of sp³-hybridized carbons (Fsp3) is 0.273. The highest BCUT2D eigenvalue weighted by molar-refractivity contribution is 5.20. The zero-order valence-electron chi connectivity index (χ0n) is 9.11. The molecule has 6 heteroatoms. The lowest BCUT2D eigenvalue weighted by atomic mass is 10.3. The molecule has 90 valence electrons. The average molecular weight is 235 g/mol. The van der Waals surface area contributed by atoms with Gasteiger partial charge in [0.25, 0.3) is 0 Å². The minimum Gasteiger partial charge on any atom is -0.485 e. The number of ether oxygens (including phenoxy) is 1. The maximum Gasteiger partial charge on any atom is 0.246 e. The summed E-state index contributed by atoms with van der Waals surface area (Å²) in [7, 11) is 0. The predicted molar refractivity (Wildman–Crippen MR) is 59.1 cm³/mol. The summed E-state index contributed by atoms with van der Waals surface area (Å²) in [5, 5.41) is 12.5. The van der Waals surface area contributed by atoms with E-state index < -0.39 is 6.04 Å². The molecule has 0 fully saturated rings. The van der Waals surface area contributed by atoms with Gasteiger partial charge in [0.15, 0.2) is 6.61 Å². The molecule has 1 heterocycles. The van der Waals surface area contributed by atoms with Gasteiger partial charge < -0.3 is 20.1 Å². The maximum absolute atomic E-state index is 8.82. The molecule has 3 N–H and O–H groups in total. The number of aliphatic hydroxyl groups excluding tert-OH is 1. The van der Waals surface area contributed by atoms with E-state index in [-0.39, 0.29) is 19.1 Å². The van der Waals surface area contributed by atoms with E-state index in [1.165, 1.54) is 0 Å². The predicted octanol–water partition coefficient (Wildman–Crippen LogP) is 0.641. The van der Waals surface area contributed by atoms with Gasteiger partial charge in [0.1, 0.15) is 11.8 Å². The number of hydrogen-bond acceptors (Lipinski definition) is 6. The van der Waals surface area contributed by atoms with Crippen molar-refractivity contribution in [2.75, 3.05) is 6.61 Å². The second kappa shape index (κ2) is 5.42. The van der Waals surface area contributed by atoms with Gasteiger partial charge in [-0.3, -0.25) is 0 Å². The van der Waals surface area contributed by atoms with E-state index in [1.807, 2.05) is 30.3 Å². The fourth-order valence-corrected chi connectivity index (χ4v) is 1.22. The van der Waals surface area contributed by atoms with Gasteiger partial charge in [0, 0.05) is 0 Å². The fourth-order valence-electron chi connectivity index (χ4n) is 1.22. The van der Waals surface area contributed by atoms with Gasteiger partial charge in [-0.05, 0) is 12.1 Å². The molecule has 0 saturated heterocycles. The quantitative estimate of drug-likeness (QED) is 0.789. The molecule has 0 aliphatic carbocycles.